The van der Waals surface area contributed by atoms with Crippen molar-refractivity contribution in [3.63, 3.8) is 0 Å². The number of hydrogen-bond donors (Lipinski definition) is 1. The monoisotopic (exact) mass is 442 g/mol. The number of hydrogen-bond acceptors (Lipinski definition) is 2. The van der Waals surface area contributed by atoms with E-state index in [2.05, 4.69) is 36.5 Å². The van der Waals surface area contributed by atoms with E-state index in [1.54, 1.807) is 4.90 Å². The molecule has 2 amide bonds. The minimum absolute atomic E-state index is 0.0133. The molecule has 0 aromatic heterocycles. The van der Waals surface area contributed by atoms with Crippen LogP contribution in [-0.4, -0.2) is 28.8 Å². The second-order valence-corrected chi connectivity index (χ2v) is 8.50. The summed E-state index contributed by atoms with van der Waals surface area (Å²) in [6.07, 6.45) is 3.43. The Labute approximate surface area is 192 Å². The fourth-order valence-corrected chi connectivity index (χ4v) is 3.61. The third-order valence-corrected chi connectivity index (χ3v) is 5.96. The topological polar surface area (TPSA) is 49.4 Å². The maximum absolute atomic E-state index is 13.3. The molecule has 2 rings (SSSR count). The van der Waals surface area contributed by atoms with E-state index >= 15 is 0 Å². The first-order chi connectivity index (χ1) is 14.9. The first kappa shape index (κ1) is 24.9. The van der Waals surface area contributed by atoms with Crippen LogP contribution < -0.4 is 5.32 Å². The summed E-state index contributed by atoms with van der Waals surface area (Å²) in [6, 6.07) is 15.4. The van der Waals surface area contributed by atoms with Crippen LogP contribution in [0.2, 0.25) is 5.02 Å². The van der Waals surface area contributed by atoms with Crippen molar-refractivity contribution in [2.75, 3.05) is 0 Å². The molecule has 0 saturated carbocycles. The van der Waals surface area contributed by atoms with Crippen molar-refractivity contribution in [2.24, 2.45) is 0 Å². The largest absolute Gasteiger partial charge is 0.352 e. The van der Waals surface area contributed by atoms with Crippen LogP contribution in [0.1, 0.15) is 63.6 Å². The van der Waals surface area contributed by atoms with Gasteiger partial charge in [-0.3, -0.25) is 9.59 Å². The van der Waals surface area contributed by atoms with Gasteiger partial charge in [-0.2, -0.15) is 0 Å². The van der Waals surface area contributed by atoms with Crippen molar-refractivity contribution in [2.45, 2.75) is 78.4 Å². The smallest absolute Gasteiger partial charge is 0.243 e. The predicted molar refractivity (Wildman–Crippen MR) is 128 cm³/mol. The molecule has 1 N–H and O–H groups in total. The molecule has 0 spiro atoms. The number of carbonyl (C=O) groups is 2. The Morgan fingerprint density at radius 2 is 1.48 bits per heavy atom. The van der Waals surface area contributed by atoms with E-state index in [4.69, 9.17) is 11.6 Å². The molecule has 0 heterocycles. The standard InChI is InChI=1S/C26H35ClN2O2/c1-5-19(4)28-26(31)24(7-3)29(18-22-12-15-23(27)16-13-22)25(30)17-14-21-10-8-20(6-2)9-11-21/h8-13,15-16,19,24H,5-7,14,17-18H2,1-4H3,(H,28,31)/t19-,24+/m0/s1. The minimum Gasteiger partial charge on any atom is -0.352 e. The lowest BCUT2D eigenvalue weighted by Gasteiger charge is -2.31. The maximum atomic E-state index is 13.3. The number of nitrogens with zero attached hydrogens (tertiary/aromatic N) is 1. The molecule has 4 nitrogen and oxygen atoms in total. The molecule has 2 atom stereocenters. The summed E-state index contributed by atoms with van der Waals surface area (Å²) in [5.41, 5.74) is 3.38. The van der Waals surface area contributed by atoms with E-state index in [-0.39, 0.29) is 17.9 Å². The Kier molecular flexibility index (Phi) is 10.1. The SMILES string of the molecule is CCc1ccc(CCC(=O)N(Cc2ccc(Cl)cc2)[C@H](CC)C(=O)N[C@@H](C)CC)cc1. The first-order valence-corrected chi connectivity index (χ1v) is 11.7. The molecule has 0 unspecified atom stereocenters. The van der Waals surface area contributed by atoms with Crippen molar-refractivity contribution < 1.29 is 9.59 Å². The molecule has 5 heteroatoms. The Hall–Kier alpha value is -2.33. The average Bonchev–Trinajstić information content (AvgIpc) is 2.78. The number of halogens is 1. The van der Waals surface area contributed by atoms with Gasteiger partial charge in [-0.25, -0.2) is 0 Å². The summed E-state index contributed by atoms with van der Waals surface area (Å²) in [5, 5.41) is 3.69. The van der Waals surface area contributed by atoms with Gasteiger partial charge in [-0.1, -0.05) is 68.8 Å². The quantitative estimate of drug-likeness (QED) is 0.495. The molecule has 0 aliphatic rings. The number of rotatable bonds is 11. The summed E-state index contributed by atoms with van der Waals surface area (Å²) < 4.78 is 0. The number of carbonyl (C=O) groups excluding carboxylic acids is 2. The highest BCUT2D eigenvalue weighted by atomic mass is 35.5. The Morgan fingerprint density at radius 1 is 0.903 bits per heavy atom. The van der Waals surface area contributed by atoms with Crippen molar-refractivity contribution in [3.05, 3.63) is 70.2 Å². The molecule has 0 fully saturated rings. The van der Waals surface area contributed by atoms with Gasteiger partial charge in [0.2, 0.25) is 11.8 Å². The van der Waals surface area contributed by atoms with E-state index < -0.39 is 6.04 Å². The zero-order valence-electron chi connectivity index (χ0n) is 19.2. The normalized spacial score (nSPS) is 12.8. The highest BCUT2D eigenvalue weighted by Crippen LogP contribution is 2.17. The molecular formula is C26H35ClN2O2. The lowest BCUT2D eigenvalue weighted by Crippen LogP contribution is -2.50. The number of amides is 2. The predicted octanol–water partition coefficient (Wildman–Crippen LogP) is 5.56. The van der Waals surface area contributed by atoms with Gasteiger partial charge in [0.25, 0.3) is 0 Å². The number of aryl methyl sites for hydroxylation is 2. The van der Waals surface area contributed by atoms with Gasteiger partial charge < -0.3 is 10.2 Å². The van der Waals surface area contributed by atoms with Crippen molar-refractivity contribution in [1.29, 1.82) is 0 Å². The van der Waals surface area contributed by atoms with E-state index in [0.29, 0.717) is 30.8 Å². The van der Waals surface area contributed by atoms with Crippen molar-refractivity contribution >= 4 is 23.4 Å². The Morgan fingerprint density at radius 3 is 2.03 bits per heavy atom. The summed E-state index contributed by atoms with van der Waals surface area (Å²) in [4.78, 5) is 28.0. The lowest BCUT2D eigenvalue weighted by atomic mass is 10.0. The fraction of sp³-hybridized carbons (Fsp3) is 0.462. The third kappa shape index (κ3) is 7.70. The van der Waals surface area contributed by atoms with E-state index in [1.807, 2.05) is 45.0 Å². The molecule has 0 aliphatic heterocycles. The summed E-state index contributed by atoms with van der Waals surface area (Å²) in [6.45, 7) is 8.48. The van der Waals surface area contributed by atoms with Crippen LogP contribution in [0.5, 0.6) is 0 Å². The molecule has 2 aromatic rings. The van der Waals surface area contributed by atoms with Gasteiger partial charge in [-0.15, -0.1) is 0 Å². The van der Waals surface area contributed by atoms with Gasteiger partial charge in [0.1, 0.15) is 6.04 Å². The number of benzene rings is 2. The van der Waals surface area contributed by atoms with Crippen LogP contribution in [0.3, 0.4) is 0 Å². The van der Waals surface area contributed by atoms with Gasteiger partial charge in [0, 0.05) is 24.0 Å². The summed E-state index contributed by atoms with van der Waals surface area (Å²) in [5.74, 6) is -0.105. The second-order valence-electron chi connectivity index (χ2n) is 8.06. The van der Waals surface area contributed by atoms with Crippen molar-refractivity contribution in [3.8, 4) is 0 Å². The summed E-state index contributed by atoms with van der Waals surface area (Å²) in [7, 11) is 0. The van der Waals surface area contributed by atoms with Gasteiger partial charge in [-0.05, 0) is 61.4 Å². The van der Waals surface area contributed by atoms with Crippen molar-refractivity contribution in [1.82, 2.24) is 10.2 Å². The lowest BCUT2D eigenvalue weighted by molar-refractivity contribution is -0.141. The molecule has 0 radical (unpaired) electrons. The second kappa shape index (κ2) is 12.5. The Balaban J connectivity index is 2.18. The summed E-state index contributed by atoms with van der Waals surface area (Å²) >= 11 is 6.02. The maximum Gasteiger partial charge on any atom is 0.243 e. The molecule has 168 valence electrons. The molecule has 0 aliphatic carbocycles. The molecule has 0 saturated heterocycles. The molecule has 2 aromatic carbocycles. The van der Waals surface area contributed by atoms with Crippen LogP contribution in [0.4, 0.5) is 0 Å². The molecular weight excluding hydrogens is 408 g/mol. The van der Waals surface area contributed by atoms with E-state index in [9.17, 15) is 9.59 Å². The minimum atomic E-state index is -0.500. The first-order valence-electron chi connectivity index (χ1n) is 11.3. The van der Waals surface area contributed by atoms with Gasteiger partial charge in [0.15, 0.2) is 0 Å². The Bertz CT molecular complexity index is 833. The third-order valence-electron chi connectivity index (χ3n) is 5.71. The van der Waals surface area contributed by atoms with Crippen LogP contribution in [0.15, 0.2) is 48.5 Å². The molecule has 31 heavy (non-hydrogen) atoms. The van der Waals surface area contributed by atoms with Crippen LogP contribution in [0, 0.1) is 0 Å². The fourth-order valence-electron chi connectivity index (χ4n) is 3.48. The van der Waals surface area contributed by atoms with Crippen LogP contribution in [-0.2, 0) is 29.0 Å². The number of nitrogens with one attached hydrogen (secondary N) is 1. The average molecular weight is 443 g/mol. The highest BCUT2D eigenvalue weighted by Gasteiger charge is 2.29. The molecule has 0 bridgehead atoms. The van der Waals surface area contributed by atoms with Crippen LogP contribution in [0.25, 0.3) is 0 Å². The van der Waals surface area contributed by atoms with Gasteiger partial charge in [0.05, 0.1) is 0 Å². The zero-order chi connectivity index (χ0) is 22.8. The van der Waals surface area contributed by atoms with Crippen LogP contribution >= 0.6 is 11.6 Å². The highest BCUT2D eigenvalue weighted by molar-refractivity contribution is 6.30. The van der Waals surface area contributed by atoms with E-state index in [0.717, 1.165) is 24.0 Å². The zero-order valence-corrected chi connectivity index (χ0v) is 19.9. The van der Waals surface area contributed by atoms with E-state index in [1.165, 1.54) is 5.56 Å². The van der Waals surface area contributed by atoms with Gasteiger partial charge >= 0.3 is 0 Å².